The molecule has 0 heterocycles. The highest BCUT2D eigenvalue weighted by Crippen LogP contribution is 2.22. The molecule has 6 nitrogen and oxygen atoms in total. The molecule has 0 radical (unpaired) electrons. The third-order valence-electron chi connectivity index (χ3n) is 3.74. The third-order valence-corrected chi connectivity index (χ3v) is 4.11. The first-order valence-electron chi connectivity index (χ1n) is 8.04. The van der Waals surface area contributed by atoms with Crippen molar-refractivity contribution in [1.29, 1.82) is 0 Å². The molecule has 2 rings (SSSR count). The van der Waals surface area contributed by atoms with Gasteiger partial charge < -0.3 is 20.3 Å². The number of halogens is 1. The average Bonchev–Trinajstić information content (AvgIpc) is 3.07. The predicted octanol–water partition coefficient (Wildman–Crippen LogP) is 2.97. The molecular formula is C17H24ClNO5. The van der Waals surface area contributed by atoms with E-state index in [2.05, 4.69) is 12.2 Å². The zero-order valence-corrected chi connectivity index (χ0v) is 14.5. The summed E-state index contributed by atoms with van der Waals surface area (Å²) < 4.78 is 5.74. The highest BCUT2D eigenvalue weighted by Gasteiger charge is 2.13. The van der Waals surface area contributed by atoms with Crippen LogP contribution in [-0.2, 0) is 16.0 Å². The van der Waals surface area contributed by atoms with Gasteiger partial charge in [0.1, 0.15) is 12.4 Å². The number of hydrogen-bond acceptors (Lipinski definition) is 4. The van der Waals surface area contributed by atoms with Crippen LogP contribution in [0.25, 0.3) is 0 Å². The Morgan fingerprint density at radius 1 is 1.25 bits per heavy atom. The molecule has 0 bridgehead atoms. The lowest BCUT2D eigenvalue weighted by atomic mass is 10.1. The van der Waals surface area contributed by atoms with Crippen molar-refractivity contribution in [2.45, 2.75) is 45.1 Å². The minimum absolute atomic E-state index is 0.713. The topological polar surface area (TPSA) is 95.9 Å². The number of ether oxygens (including phenoxy) is 1. The second-order valence-corrected chi connectivity index (χ2v) is 5.91. The lowest BCUT2D eigenvalue weighted by molar-refractivity contribution is -0.159. The minimum Gasteiger partial charge on any atom is -0.492 e. The van der Waals surface area contributed by atoms with E-state index in [0.717, 1.165) is 35.9 Å². The van der Waals surface area contributed by atoms with Crippen LogP contribution < -0.4 is 10.1 Å². The van der Waals surface area contributed by atoms with Crippen molar-refractivity contribution in [3.05, 3.63) is 28.8 Å². The molecule has 0 amide bonds. The summed E-state index contributed by atoms with van der Waals surface area (Å²) in [6, 6.07) is 6.61. The number of carboxylic acids is 2. The smallest absolute Gasteiger partial charge is 0.414 e. The molecule has 134 valence electrons. The molecule has 24 heavy (non-hydrogen) atoms. The van der Waals surface area contributed by atoms with E-state index in [-0.39, 0.29) is 0 Å². The Morgan fingerprint density at radius 2 is 1.88 bits per heavy atom. The molecule has 1 aromatic rings. The van der Waals surface area contributed by atoms with Gasteiger partial charge in [0.15, 0.2) is 0 Å². The van der Waals surface area contributed by atoms with Gasteiger partial charge in [-0.1, -0.05) is 31.4 Å². The van der Waals surface area contributed by atoms with E-state index in [1.807, 2.05) is 18.2 Å². The van der Waals surface area contributed by atoms with Gasteiger partial charge in [-0.3, -0.25) is 0 Å². The summed E-state index contributed by atoms with van der Waals surface area (Å²) in [5.41, 5.74) is 1.15. The monoisotopic (exact) mass is 357 g/mol. The van der Waals surface area contributed by atoms with Crippen LogP contribution in [0.5, 0.6) is 5.75 Å². The molecule has 0 atom stereocenters. The molecule has 0 aromatic heterocycles. The molecular weight excluding hydrogens is 334 g/mol. The van der Waals surface area contributed by atoms with Crippen LogP contribution in [0.1, 0.15) is 38.2 Å². The average molecular weight is 358 g/mol. The second-order valence-electron chi connectivity index (χ2n) is 5.50. The number of carbonyl (C=O) groups is 2. The van der Waals surface area contributed by atoms with E-state index in [4.69, 9.17) is 36.1 Å². The summed E-state index contributed by atoms with van der Waals surface area (Å²) in [7, 11) is 0. The van der Waals surface area contributed by atoms with Crippen molar-refractivity contribution in [1.82, 2.24) is 5.32 Å². The first-order valence-corrected chi connectivity index (χ1v) is 8.42. The number of benzene rings is 1. The van der Waals surface area contributed by atoms with E-state index >= 15 is 0 Å². The predicted molar refractivity (Wildman–Crippen MR) is 91.9 cm³/mol. The number of rotatable bonds is 6. The van der Waals surface area contributed by atoms with Crippen molar-refractivity contribution in [2.24, 2.45) is 0 Å². The van der Waals surface area contributed by atoms with Gasteiger partial charge in [-0.2, -0.15) is 0 Å². The number of aryl methyl sites for hydroxylation is 1. The lowest BCUT2D eigenvalue weighted by Gasteiger charge is -2.13. The minimum atomic E-state index is -1.82. The van der Waals surface area contributed by atoms with Gasteiger partial charge in [0.2, 0.25) is 0 Å². The Labute approximate surface area is 146 Å². The lowest BCUT2D eigenvalue weighted by Crippen LogP contribution is -2.30. The molecule has 1 aliphatic rings. The first-order chi connectivity index (χ1) is 11.4. The molecule has 3 N–H and O–H groups in total. The van der Waals surface area contributed by atoms with Gasteiger partial charge in [-0.25, -0.2) is 9.59 Å². The van der Waals surface area contributed by atoms with Crippen LogP contribution in [0.15, 0.2) is 18.2 Å². The standard InChI is InChI=1S/C15H22ClNO.C2H2O4/c1-2-12-11-14(7-8-15(12)16)18-10-9-17-13-5-3-4-6-13;3-1(4)2(5)6/h7-8,11,13,17H,2-6,9-10H2,1H3;(H,3,4)(H,5,6). The quantitative estimate of drug-likeness (QED) is 0.535. The molecule has 1 aromatic carbocycles. The first kappa shape index (κ1) is 20.3. The van der Waals surface area contributed by atoms with Gasteiger partial charge in [-0.15, -0.1) is 0 Å². The van der Waals surface area contributed by atoms with Crippen LogP contribution in [0.2, 0.25) is 5.02 Å². The van der Waals surface area contributed by atoms with E-state index in [1.54, 1.807) is 0 Å². The highest BCUT2D eigenvalue weighted by atomic mass is 35.5. The normalized spacial score (nSPS) is 13.9. The summed E-state index contributed by atoms with van der Waals surface area (Å²) in [6.07, 6.45) is 6.32. The second kappa shape index (κ2) is 10.9. The number of aliphatic carboxylic acids is 2. The highest BCUT2D eigenvalue weighted by molar-refractivity contribution is 6.31. The summed E-state index contributed by atoms with van der Waals surface area (Å²) in [5.74, 6) is -2.73. The SMILES string of the molecule is CCc1cc(OCCNC2CCCC2)ccc1Cl.O=C(O)C(=O)O. The van der Waals surface area contributed by atoms with Crippen molar-refractivity contribution < 1.29 is 24.5 Å². The van der Waals surface area contributed by atoms with Crippen LogP contribution in [0.4, 0.5) is 0 Å². The number of carboxylic acid groups (broad SMARTS) is 2. The van der Waals surface area contributed by atoms with Gasteiger partial charge in [0.25, 0.3) is 0 Å². The van der Waals surface area contributed by atoms with Gasteiger partial charge in [0, 0.05) is 17.6 Å². The van der Waals surface area contributed by atoms with Crippen LogP contribution in [-0.4, -0.2) is 41.3 Å². The van der Waals surface area contributed by atoms with Gasteiger partial charge in [-0.05, 0) is 43.0 Å². The zero-order chi connectivity index (χ0) is 17.9. The van der Waals surface area contributed by atoms with Gasteiger partial charge in [0.05, 0.1) is 0 Å². The Bertz CT molecular complexity index is 532. The maximum Gasteiger partial charge on any atom is 0.414 e. The fourth-order valence-corrected chi connectivity index (χ4v) is 2.72. The Morgan fingerprint density at radius 3 is 2.42 bits per heavy atom. The van der Waals surface area contributed by atoms with Crippen LogP contribution >= 0.6 is 11.6 Å². The van der Waals surface area contributed by atoms with Crippen molar-refractivity contribution in [2.75, 3.05) is 13.2 Å². The molecule has 1 fully saturated rings. The molecule has 1 aliphatic carbocycles. The summed E-state index contributed by atoms with van der Waals surface area (Å²) in [4.78, 5) is 18.2. The van der Waals surface area contributed by atoms with E-state index in [0.29, 0.717) is 6.04 Å². The van der Waals surface area contributed by atoms with Crippen molar-refractivity contribution in [3.63, 3.8) is 0 Å². The molecule has 0 aliphatic heterocycles. The van der Waals surface area contributed by atoms with Crippen molar-refractivity contribution in [3.8, 4) is 5.75 Å². The molecule has 0 unspecified atom stereocenters. The Kier molecular flexibility index (Phi) is 9.19. The molecule has 0 saturated heterocycles. The third kappa shape index (κ3) is 7.66. The Hall–Kier alpha value is -1.79. The molecule has 1 saturated carbocycles. The molecule has 0 spiro atoms. The van der Waals surface area contributed by atoms with Crippen molar-refractivity contribution >= 4 is 23.5 Å². The summed E-state index contributed by atoms with van der Waals surface area (Å²) in [5, 5.41) is 19.2. The van der Waals surface area contributed by atoms with Crippen LogP contribution in [0, 0.1) is 0 Å². The maximum absolute atomic E-state index is 9.10. The van der Waals surface area contributed by atoms with E-state index in [1.165, 1.54) is 25.7 Å². The largest absolute Gasteiger partial charge is 0.492 e. The zero-order valence-electron chi connectivity index (χ0n) is 13.8. The summed E-state index contributed by atoms with van der Waals surface area (Å²) in [6.45, 7) is 3.75. The fraction of sp³-hybridized carbons (Fsp3) is 0.529. The number of hydrogen-bond donors (Lipinski definition) is 3. The molecule has 7 heteroatoms. The summed E-state index contributed by atoms with van der Waals surface area (Å²) >= 11 is 6.08. The fourth-order valence-electron chi connectivity index (χ4n) is 2.47. The Balaban J connectivity index is 0.000000413. The maximum atomic E-state index is 9.10. The van der Waals surface area contributed by atoms with E-state index in [9.17, 15) is 0 Å². The van der Waals surface area contributed by atoms with Crippen LogP contribution in [0.3, 0.4) is 0 Å². The number of nitrogens with one attached hydrogen (secondary N) is 1. The van der Waals surface area contributed by atoms with E-state index < -0.39 is 11.9 Å². The van der Waals surface area contributed by atoms with Gasteiger partial charge >= 0.3 is 11.9 Å².